The highest BCUT2D eigenvalue weighted by atomic mass is 35.5. The molecule has 1 nitrogen and oxygen atoms in total. The highest BCUT2D eigenvalue weighted by Crippen LogP contribution is 2.66. The number of hydrogen-bond donors (Lipinski definition) is 0. The largest absolute Gasteiger partial charge is 0.294 e. The summed E-state index contributed by atoms with van der Waals surface area (Å²) in [5.41, 5.74) is 1.70. The fourth-order valence-corrected chi connectivity index (χ4v) is 4.78. The van der Waals surface area contributed by atoms with Gasteiger partial charge in [-0.1, -0.05) is 57.0 Å². The summed E-state index contributed by atoms with van der Waals surface area (Å²) in [7, 11) is 0. The van der Waals surface area contributed by atoms with Gasteiger partial charge in [-0.05, 0) is 53.0 Å². The molecule has 2 atom stereocenters. The van der Waals surface area contributed by atoms with Crippen molar-refractivity contribution >= 4 is 35.1 Å². The summed E-state index contributed by atoms with van der Waals surface area (Å²) in [4.78, 5) is 12.8. The highest BCUT2D eigenvalue weighted by molar-refractivity contribution is 6.35. The van der Waals surface area contributed by atoms with E-state index in [1.807, 2.05) is 18.2 Å². The molecule has 0 N–H and O–H groups in total. The van der Waals surface area contributed by atoms with Gasteiger partial charge < -0.3 is 0 Å². The number of fused-ring (bicyclic) bond motifs is 2. The number of hydrogen-bond acceptors (Lipinski definition) is 1. The van der Waals surface area contributed by atoms with Crippen LogP contribution in [0.4, 0.5) is 0 Å². The molecule has 0 unspecified atom stereocenters. The van der Waals surface area contributed by atoms with Crippen molar-refractivity contribution in [2.24, 2.45) is 22.7 Å². The molecule has 0 saturated heterocycles. The highest BCUT2D eigenvalue weighted by Gasteiger charge is 2.63. The van der Waals surface area contributed by atoms with Crippen LogP contribution in [0, 0.1) is 22.7 Å². The zero-order valence-corrected chi connectivity index (χ0v) is 14.3. The summed E-state index contributed by atoms with van der Waals surface area (Å²) in [6.07, 6.45) is 3.08. The Morgan fingerprint density at radius 1 is 1.19 bits per heavy atom. The van der Waals surface area contributed by atoms with Gasteiger partial charge in [0.1, 0.15) is 0 Å². The van der Waals surface area contributed by atoms with E-state index < -0.39 is 0 Å². The Kier molecular flexibility index (Phi) is 3.31. The van der Waals surface area contributed by atoms with Gasteiger partial charge in [0.15, 0.2) is 5.78 Å². The van der Waals surface area contributed by atoms with Crippen molar-refractivity contribution in [3.05, 3.63) is 39.4 Å². The van der Waals surface area contributed by atoms with Gasteiger partial charge in [0.25, 0.3) is 0 Å². The minimum absolute atomic E-state index is 0.183. The van der Waals surface area contributed by atoms with Crippen molar-refractivity contribution in [1.82, 2.24) is 0 Å². The van der Waals surface area contributed by atoms with Gasteiger partial charge in [0.2, 0.25) is 0 Å². The first-order valence-corrected chi connectivity index (χ1v) is 8.12. The Labute approximate surface area is 136 Å². The molecule has 0 aromatic heterocycles. The van der Waals surface area contributed by atoms with Crippen molar-refractivity contribution < 1.29 is 4.79 Å². The van der Waals surface area contributed by atoms with E-state index >= 15 is 0 Å². The smallest absolute Gasteiger partial charge is 0.165 e. The van der Waals surface area contributed by atoms with E-state index in [-0.39, 0.29) is 16.6 Å². The zero-order chi connectivity index (χ0) is 15.6. The summed E-state index contributed by atoms with van der Waals surface area (Å²) in [5, 5.41) is 1.21. The standard InChI is InChI=1S/C18H20Cl2O/c1-17(2)13-9-15(17)18(3,4)16(21)12(13)7-10-5-6-11(19)8-14(10)20/h5-8,13,15H,9H2,1-4H3/b12-7+/t13-,15+/m1/s1. The lowest BCUT2D eigenvalue weighted by Gasteiger charge is -2.63. The molecule has 3 aliphatic rings. The number of halogens is 2. The van der Waals surface area contributed by atoms with E-state index in [1.165, 1.54) is 0 Å². The number of carbonyl (C=O) groups excluding carboxylic acids is 1. The van der Waals surface area contributed by atoms with Gasteiger partial charge in [-0.2, -0.15) is 0 Å². The van der Waals surface area contributed by atoms with Crippen LogP contribution < -0.4 is 0 Å². The normalized spacial score (nSPS) is 31.1. The Morgan fingerprint density at radius 2 is 1.86 bits per heavy atom. The van der Waals surface area contributed by atoms with E-state index in [4.69, 9.17) is 23.2 Å². The number of rotatable bonds is 1. The summed E-state index contributed by atoms with van der Waals surface area (Å²) >= 11 is 12.2. The Bertz CT molecular complexity index is 655. The second-order valence-corrected chi connectivity index (χ2v) is 8.32. The van der Waals surface area contributed by atoms with Gasteiger partial charge in [0.05, 0.1) is 0 Å². The lowest BCUT2D eigenvalue weighted by Crippen LogP contribution is -2.61. The molecule has 3 heteroatoms. The third-order valence-corrected chi connectivity index (χ3v) is 6.20. The second kappa shape index (κ2) is 4.60. The first-order chi connectivity index (χ1) is 9.65. The predicted octanol–water partition coefficient (Wildman–Crippen LogP) is 5.65. The van der Waals surface area contributed by atoms with Crippen molar-refractivity contribution in [2.75, 3.05) is 0 Å². The maximum Gasteiger partial charge on any atom is 0.165 e. The summed E-state index contributed by atoms with van der Waals surface area (Å²) in [6.45, 7) is 8.71. The van der Waals surface area contributed by atoms with Crippen LogP contribution in [0.2, 0.25) is 10.0 Å². The van der Waals surface area contributed by atoms with E-state index in [0.29, 0.717) is 21.9 Å². The predicted molar refractivity (Wildman–Crippen MR) is 88.6 cm³/mol. The molecule has 0 aliphatic heterocycles. The fourth-order valence-electron chi connectivity index (χ4n) is 4.32. The molecule has 3 aliphatic carbocycles. The number of benzene rings is 1. The maximum atomic E-state index is 12.8. The molecule has 0 radical (unpaired) electrons. The van der Waals surface area contributed by atoms with E-state index in [1.54, 1.807) is 6.07 Å². The average Bonchev–Trinajstić information content (AvgIpc) is 2.36. The molecule has 3 saturated carbocycles. The summed E-state index contributed by atoms with van der Waals surface area (Å²) in [5.74, 6) is 1.09. The van der Waals surface area contributed by atoms with Gasteiger partial charge in [-0.3, -0.25) is 4.79 Å². The molecule has 0 spiro atoms. The maximum absolute atomic E-state index is 12.8. The van der Waals surface area contributed by atoms with Gasteiger partial charge >= 0.3 is 0 Å². The molecule has 0 amide bonds. The number of carbonyl (C=O) groups is 1. The zero-order valence-electron chi connectivity index (χ0n) is 12.8. The topological polar surface area (TPSA) is 17.1 Å². The van der Waals surface area contributed by atoms with Crippen LogP contribution in [-0.4, -0.2) is 5.78 Å². The Balaban J connectivity index is 2.08. The van der Waals surface area contributed by atoms with Crippen LogP contribution in [0.1, 0.15) is 39.7 Å². The van der Waals surface area contributed by atoms with Crippen molar-refractivity contribution in [2.45, 2.75) is 34.1 Å². The fraction of sp³-hybridized carbons (Fsp3) is 0.500. The van der Waals surface area contributed by atoms with E-state index in [0.717, 1.165) is 17.6 Å². The van der Waals surface area contributed by atoms with Crippen molar-refractivity contribution in [3.8, 4) is 0 Å². The number of ketones is 1. The van der Waals surface area contributed by atoms with Crippen LogP contribution in [0.3, 0.4) is 0 Å². The molecule has 3 fully saturated rings. The van der Waals surface area contributed by atoms with Crippen LogP contribution in [0.15, 0.2) is 23.8 Å². The molecule has 1 aromatic rings. The molecule has 21 heavy (non-hydrogen) atoms. The number of allylic oxidation sites excluding steroid dienone is 1. The van der Waals surface area contributed by atoms with E-state index in [2.05, 4.69) is 27.7 Å². The lowest BCUT2D eigenvalue weighted by atomic mass is 9.40. The number of Topliss-reactive ketones (excluding diaryl/α,β-unsaturated/α-hetero) is 1. The third-order valence-electron chi connectivity index (χ3n) is 5.64. The van der Waals surface area contributed by atoms with Gasteiger partial charge in [0, 0.05) is 15.5 Å². The SMILES string of the molecule is CC1(C)C(=O)/C(=C/c2ccc(Cl)cc2Cl)[C@H]2C[C@H]1C2(C)C. The molecule has 4 rings (SSSR count). The third kappa shape index (κ3) is 2.09. The first-order valence-electron chi connectivity index (χ1n) is 7.37. The molecule has 2 bridgehead atoms. The first kappa shape index (κ1) is 15.1. The van der Waals surface area contributed by atoms with Crippen LogP contribution in [0.25, 0.3) is 6.08 Å². The molecular weight excluding hydrogens is 303 g/mol. The molecule has 1 aromatic carbocycles. The molecule has 112 valence electrons. The molecule has 0 heterocycles. The van der Waals surface area contributed by atoms with Gasteiger partial charge in [-0.25, -0.2) is 0 Å². The lowest BCUT2D eigenvalue weighted by molar-refractivity contribution is -0.155. The van der Waals surface area contributed by atoms with Gasteiger partial charge in [-0.15, -0.1) is 0 Å². The van der Waals surface area contributed by atoms with Crippen LogP contribution in [0.5, 0.6) is 0 Å². The monoisotopic (exact) mass is 322 g/mol. The van der Waals surface area contributed by atoms with E-state index in [9.17, 15) is 4.79 Å². The summed E-state index contributed by atoms with van der Waals surface area (Å²) in [6, 6.07) is 5.42. The Hall–Kier alpha value is -0.790. The second-order valence-electron chi connectivity index (χ2n) is 7.48. The Morgan fingerprint density at radius 3 is 2.43 bits per heavy atom. The minimum atomic E-state index is -0.289. The van der Waals surface area contributed by atoms with Crippen LogP contribution >= 0.6 is 23.2 Å². The summed E-state index contributed by atoms with van der Waals surface area (Å²) < 4.78 is 0. The quantitative estimate of drug-likeness (QED) is 0.611. The minimum Gasteiger partial charge on any atom is -0.294 e. The van der Waals surface area contributed by atoms with Crippen molar-refractivity contribution in [1.29, 1.82) is 0 Å². The average molecular weight is 323 g/mol. The van der Waals surface area contributed by atoms with Crippen LogP contribution in [-0.2, 0) is 4.79 Å². The van der Waals surface area contributed by atoms with Crippen molar-refractivity contribution in [3.63, 3.8) is 0 Å². The molecular formula is C18H20Cl2O.